The van der Waals surface area contributed by atoms with Crippen LogP contribution >= 0.6 is 0 Å². The van der Waals surface area contributed by atoms with Crippen LogP contribution in [-0.4, -0.2) is 60.5 Å². The zero-order valence-corrected chi connectivity index (χ0v) is 16.2. The van der Waals surface area contributed by atoms with Crippen LogP contribution in [0, 0.1) is 0 Å². The van der Waals surface area contributed by atoms with Crippen LogP contribution in [0.2, 0.25) is 0 Å². The predicted octanol–water partition coefficient (Wildman–Crippen LogP) is 1.17. The summed E-state index contributed by atoms with van der Waals surface area (Å²) in [7, 11) is 1.92. The number of rotatable bonds is 6. The molecule has 2 amide bonds. The SMILES string of the molecule is CN1CCN(c2ccc(C[C@H](N)C(=O)Nc3ccc(C(=O)O)cc3)cc2)C(=O)C1. The van der Waals surface area contributed by atoms with E-state index in [0.717, 1.165) is 17.8 Å². The van der Waals surface area contributed by atoms with Gasteiger partial charge in [0.25, 0.3) is 0 Å². The van der Waals surface area contributed by atoms with E-state index in [0.29, 0.717) is 25.2 Å². The molecule has 1 fully saturated rings. The molecule has 0 aliphatic carbocycles. The molecular formula is C21H24N4O4. The van der Waals surface area contributed by atoms with E-state index in [2.05, 4.69) is 5.32 Å². The van der Waals surface area contributed by atoms with Crippen molar-refractivity contribution in [3.05, 3.63) is 59.7 Å². The van der Waals surface area contributed by atoms with Crippen molar-refractivity contribution in [1.82, 2.24) is 4.90 Å². The topological polar surface area (TPSA) is 116 Å². The number of nitrogens with zero attached hydrogens (tertiary/aromatic N) is 2. The van der Waals surface area contributed by atoms with Gasteiger partial charge in [0.2, 0.25) is 11.8 Å². The molecule has 2 aromatic carbocycles. The van der Waals surface area contributed by atoms with Crippen LogP contribution in [-0.2, 0) is 16.0 Å². The summed E-state index contributed by atoms with van der Waals surface area (Å²) >= 11 is 0. The fraction of sp³-hybridized carbons (Fsp3) is 0.286. The molecule has 8 heteroatoms. The minimum atomic E-state index is -1.03. The van der Waals surface area contributed by atoms with Crippen molar-refractivity contribution in [2.45, 2.75) is 12.5 Å². The van der Waals surface area contributed by atoms with E-state index in [1.54, 1.807) is 4.90 Å². The Morgan fingerprint density at radius 3 is 2.34 bits per heavy atom. The highest BCUT2D eigenvalue weighted by Crippen LogP contribution is 2.19. The average Bonchev–Trinajstić information content (AvgIpc) is 2.69. The molecule has 0 aromatic heterocycles. The smallest absolute Gasteiger partial charge is 0.335 e. The number of hydrogen-bond acceptors (Lipinski definition) is 5. The lowest BCUT2D eigenvalue weighted by Crippen LogP contribution is -2.48. The highest BCUT2D eigenvalue weighted by molar-refractivity contribution is 5.96. The number of amides is 2. The van der Waals surface area contributed by atoms with Crippen LogP contribution in [0.3, 0.4) is 0 Å². The summed E-state index contributed by atoms with van der Waals surface area (Å²) in [5.74, 6) is -1.32. The Morgan fingerprint density at radius 1 is 1.10 bits per heavy atom. The quantitative estimate of drug-likeness (QED) is 0.675. The van der Waals surface area contributed by atoms with Crippen LogP contribution in [0.5, 0.6) is 0 Å². The van der Waals surface area contributed by atoms with Crippen molar-refractivity contribution >= 4 is 29.2 Å². The standard InChI is InChI=1S/C21H24N4O4/c1-24-10-11-25(19(26)13-24)17-8-2-14(3-9-17)12-18(22)20(27)23-16-6-4-15(5-7-16)21(28)29/h2-9,18H,10-13,22H2,1H3,(H,23,27)(H,28,29)/t18-/m0/s1. The molecule has 4 N–H and O–H groups in total. The van der Waals surface area contributed by atoms with E-state index < -0.39 is 12.0 Å². The summed E-state index contributed by atoms with van der Waals surface area (Å²) in [5, 5.41) is 11.6. The zero-order valence-electron chi connectivity index (χ0n) is 16.2. The number of carbonyl (C=O) groups is 3. The first-order valence-electron chi connectivity index (χ1n) is 9.31. The molecule has 1 atom stereocenters. The number of nitrogens with one attached hydrogen (secondary N) is 1. The van der Waals surface area contributed by atoms with E-state index >= 15 is 0 Å². The fourth-order valence-electron chi connectivity index (χ4n) is 3.15. The summed E-state index contributed by atoms with van der Waals surface area (Å²) in [6.45, 7) is 1.88. The molecule has 152 valence electrons. The van der Waals surface area contributed by atoms with Gasteiger partial charge in [-0.15, -0.1) is 0 Å². The Labute approximate surface area is 168 Å². The lowest BCUT2D eigenvalue weighted by Gasteiger charge is -2.32. The fourth-order valence-corrected chi connectivity index (χ4v) is 3.15. The molecule has 0 radical (unpaired) electrons. The summed E-state index contributed by atoms with van der Waals surface area (Å²) in [6.07, 6.45) is 0.343. The number of likely N-dealkylation sites (N-methyl/N-ethyl adjacent to an activating group) is 1. The highest BCUT2D eigenvalue weighted by atomic mass is 16.4. The Hall–Kier alpha value is -3.23. The zero-order chi connectivity index (χ0) is 21.0. The number of carboxylic acid groups (broad SMARTS) is 1. The van der Waals surface area contributed by atoms with Crippen LogP contribution in [0.25, 0.3) is 0 Å². The molecule has 0 spiro atoms. The van der Waals surface area contributed by atoms with Gasteiger partial charge in [-0.05, 0) is 55.4 Å². The van der Waals surface area contributed by atoms with E-state index in [-0.39, 0.29) is 17.4 Å². The number of anilines is 2. The summed E-state index contributed by atoms with van der Waals surface area (Å²) in [6, 6.07) is 12.6. The number of carboxylic acids is 1. The third-order valence-corrected chi connectivity index (χ3v) is 4.85. The maximum absolute atomic E-state index is 12.3. The van der Waals surface area contributed by atoms with Gasteiger partial charge in [-0.1, -0.05) is 12.1 Å². The van der Waals surface area contributed by atoms with Crippen LogP contribution in [0.1, 0.15) is 15.9 Å². The molecule has 29 heavy (non-hydrogen) atoms. The Morgan fingerprint density at radius 2 is 1.76 bits per heavy atom. The summed E-state index contributed by atoms with van der Waals surface area (Å²) < 4.78 is 0. The second kappa shape index (κ2) is 8.85. The number of benzene rings is 2. The van der Waals surface area contributed by atoms with Gasteiger partial charge >= 0.3 is 5.97 Å². The van der Waals surface area contributed by atoms with Crippen molar-refractivity contribution < 1.29 is 19.5 Å². The molecule has 8 nitrogen and oxygen atoms in total. The average molecular weight is 396 g/mol. The van der Waals surface area contributed by atoms with Gasteiger partial charge in [-0.3, -0.25) is 14.5 Å². The third-order valence-electron chi connectivity index (χ3n) is 4.85. The first kappa shape index (κ1) is 20.5. The van der Waals surface area contributed by atoms with Gasteiger partial charge in [0, 0.05) is 24.5 Å². The van der Waals surface area contributed by atoms with E-state index in [1.807, 2.05) is 36.2 Å². The van der Waals surface area contributed by atoms with Gasteiger partial charge in [0.15, 0.2) is 0 Å². The molecule has 1 heterocycles. The second-order valence-corrected chi connectivity index (χ2v) is 7.13. The second-order valence-electron chi connectivity index (χ2n) is 7.13. The molecule has 3 rings (SSSR count). The Bertz CT molecular complexity index is 896. The minimum Gasteiger partial charge on any atom is -0.478 e. The number of hydrogen-bond donors (Lipinski definition) is 3. The van der Waals surface area contributed by atoms with Gasteiger partial charge in [0.05, 0.1) is 18.2 Å². The van der Waals surface area contributed by atoms with E-state index in [9.17, 15) is 14.4 Å². The number of carbonyl (C=O) groups excluding carboxylic acids is 2. The van der Waals surface area contributed by atoms with E-state index in [1.165, 1.54) is 24.3 Å². The Kier molecular flexibility index (Phi) is 6.26. The van der Waals surface area contributed by atoms with Crippen molar-refractivity contribution in [3.63, 3.8) is 0 Å². The molecule has 0 unspecified atom stereocenters. The summed E-state index contributed by atoms with van der Waals surface area (Å²) in [4.78, 5) is 39.1. The highest BCUT2D eigenvalue weighted by Gasteiger charge is 2.23. The maximum atomic E-state index is 12.3. The Balaban J connectivity index is 1.57. The molecule has 2 aromatic rings. The van der Waals surface area contributed by atoms with Crippen LogP contribution in [0.15, 0.2) is 48.5 Å². The van der Waals surface area contributed by atoms with Gasteiger partial charge in [-0.2, -0.15) is 0 Å². The van der Waals surface area contributed by atoms with Gasteiger partial charge in [0.1, 0.15) is 0 Å². The number of nitrogens with two attached hydrogens (primary N) is 1. The van der Waals surface area contributed by atoms with Crippen molar-refractivity contribution in [2.75, 3.05) is 36.9 Å². The molecule has 0 saturated carbocycles. The maximum Gasteiger partial charge on any atom is 0.335 e. The summed E-state index contributed by atoms with van der Waals surface area (Å²) in [5.41, 5.74) is 8.37. The molecule has 0 bridgehead atoms. The molecule has 1 saturated heterocycles. The molecule has 1 aliphatic heterocycles. The minimum absolute atomic E-state index is 0.0662. The monoisotopic (exact) mass is 396 g/mol. The van der Waals surface area contributed by atoms with Crippen molar-refractivity contribution in [2.24, 2.45) is 5.73 Å². The van der Waals surface area contributed by atoms with E-state index in [4.69, 9.17) is 10.8 Å². The molecular weight excluding hydrogens is 372 g/mol. The normalized spacial score (nSPS) is 15.8. The number of aromatic carboxylic acids is 1. The predicted molar refractivity (Wildman–Crippen MR) is 110 cm³/mol. The third kappa shape index (κ3) is 5.18. The van der Waals surface area contributed by atoms with Gasteiger partial charge in [-0.25, -0.2) is 4.79 Å². The van der Waals surface area contributed by atoms with Crippen molar-refractivity contribution in [3.8, 4) is 0 Å². The molecule has 1 aliphatic rings. The lowest BCUT2D eigenvalue weighted by atomic mass is 10.0. The first-order chi connectivity index (χ1) is 13.8. The number of piperazine rings is 1. The van der Waals surface area contributed by atoms with Crippen molar-refractivity contribution in [1.29, 1.82) is 0 Å². The largest absolute Gasteiger partial charge is 0.478 e. The lowest BCUT2D eigenvalue weighted by molar-refractivity contribution is -0.121. The van der Waals surface area contributed by atoms with Crippen LogP contribution in [0.4, 0.5) is 11.4 Å². The van der Waals surface area contributed by atoms with Crippen LogP contribution < -0.4 is 16.0 Å². The first-order valence-corrected chi connectivity index (χ1v) is 9.31. The van der Waals surface area contributed by atoms with Gasteiger partial charge < -0.3 is 21.1 Å².